The van der Waals surface area contributed by atoms with Gasteiger partial charge in [-0.25, -0.2) is 0 Å². The number of nitrogens with zero attached hydrogens (tertiary/aromatic N) is 2. The average Bonchev–Trinajstić information content (AvgIpc) is 2.29. The van der Waals surface area contributed by atoms with Crippen molar-refractivity contribution in [2.24, 2.45) is 0 Å². The van der Waals surface area contributed by atoms with E-state index in [9.17, 15) is 8.42 Å². The smallest absolute Gasteiger partial charge is 0.279 e. The van der Waals surface area contributed by atoms with E-state index in [1.165, 1.54) is 4.31 Å². The van der Waals surface area contributed by atoms with E-state index in [-0.39, 0.29) is 6.04 Å². The summed E-state index contributed by atoms with van der Waals surface area (Å²) in [5.41, 5.74) is 0. The third-order valence-electron chi connectivity index (χ3n) is 3.36. The van der Waals surface area contributed by atoms with Gasteiger partial charge in [0.25, 0.3) is 10.2 Å². The monoisotopic (exact) mass is 262 g/mol. The first-order valence-corrected chi connectivity index (χ1v) is 7.68. The fourth-order valence-corrected chi connectivity index (χ4v) is 3.86. The second kappa shape index (κ2) is 5.62. The molecule has 1 unspecified atom stereocenters. The Morgan fingerprint density at radius 3 is 2.59 bits per heavy atom. The van der Waals surface area contributed by atoms with Gasteiger partial charge in [0.1, 0.15) is 0 Å². The van der Waals surface area contributed by atoms with E-state index in [2.05, 4.69) is 14.9 Å². The molecule has 0 saturated carbocycles. The highest BCUT2D eigenvalue weighted by Gasteiger charge is 2.28. The molecular weight excluding hydrogens is 240 g/mol. The molecule has 0 amide bonds. The molecule has 17 heavy (non-hydrogen) atoms. The fourth-order valence-electron chi connectivity index (χ4n) is 2.43. The van der Waals surface area contributed by atoms with E-state index >= 15 is 0 Å². The first-order chi connectivity index (χ1) is 8.08. The van der Waals surface area contributed by atoms with Gasteiger partial charge in [-0.1, -0.05) is 0 Å². The maximum absolute atomic E-state index is 12.1. The molecule has 0 aromatic rings. The van der Waals surface area contributed by atoms with Crippen LogP contribution in [0, 0.1) is 0 Å². The Hall–Kier alpha value is -0.210. The molecule has 2 aliphatic heterocycles. The van der Waals surface area contributed by atoms with Crippen LogP contribution in [0.25, 0.3) is 0 Å². The molecule has 0 aromatic heterocycles. The van der Waals surface area contributed by atoms with Crippen molar-refractivity contribution in [3.8, 4) is 0 Å². The lowest BCUT2D eigenvalue weighted by Crippen LogP contribution is -2.55. The third-order valence-corrected chi connectivity index (χ3v) is 5.03. The molecule has 2 N–H and O–H groups in total. The van der Waals surface area contributed by atoms with E-state index in [4.69, 9.17) is 0 Å². The summed E-state index contributed by atoms with van der Waals surface area (Å²) >= 11 is 0. The molecule has 2 rings (SSSR count). The number of hydrogen-bond donors (Lipinski definition) is 2. The minimum absolute atomic E-state index is 0.0636. The van der Waals surface area contributed by atoms with Crippen LogP contribution >= 0.6 is 0 Å². The summed E-state index contributed by atoms with van der Waals surface area (Å²) in [6.45, 7) is 4.49. The molecule has 2 saturated heterocycles. The summed E-state index contributed by atoms with van der Waals surface area (Å²) in [6, 6.07) is 0.0636. The second-order valence-corrected chi connectivity index (χ2v) is 6.58. The van der Waals surface area contributed by atoms with Crippen LogP contribution in [0.3, 0.4) is 0 Å². The van der Waals surface area contributed by atoms with Crippen LogP contribution in [0.4, 0.5) is 0 Å². The molecular formula is C10H22N4O2S. The molecule has 1 atom stereocenters. The summed E-state index contributed by atoms with van der Waals surface area (Å²) in [5.74, 6) is 0. The largest absolute Gasteiger partial charge is 0.314 e. The number of piperazine rings is 1. The highest BCUT2D eigenvalue weighted by Crippen LogP contribution is 2.10. The molecule has 2 heterocycles. The molecule has 6 nitrogen and oxygen atoms in total. The van der Waals surface area contributed by atoms with Crippen molar-refractivity contribution in [1.29, 1.82) is 0 Å². The quantitative estimate of drug-likeness (QED) is 0.672. The highest BCUT2D eigenvalue weighted by molar-refractivity contribution is 7.87. The summed E-state index contributed by atoms with van der Waals surface area (Å²) < 4.78 is 28.6. The van der Waals surface area contributed by atoms with Crippen LogP contribution in [0.1, 0.15) is 12.8 Å². The van der Waals surface area contributed by atoms with Crippen molar-refractivity contribution in [2.75, 3.05) is 46.3 Å². The average molecular weight is 262 g/mol. The number of piperidine rings is 1. The van der Waals surface area contributed by atoms with Crippen LogP contribution < -0.4 is 10.0 Å². The zero-order valence-corrected chi connectivity index (χ0v) is 11.2. The van der Waals surface area contributed by atoms with Crippen molar-refractivity contribution in [3.05, 3.63) is 0 Å². The van der Waals surface area contributed by atoms with Crippen LogP contribution in [-0.4, -0.2) is 70.0 Å². The first-order valence-electron chi connectivity index (χ1n) is 6.24. The molecule has 100 valence electrons. The Kier molecular flexibility index (Phi) is 4.37. The van der Waals surface area contributed by atoms with Crippen LogP contribution in [0.5, 0.6) is 0 Å². The van der Waals surface area contributed by atoms with Crippen molar-refractivity contribution in [2.45, 2.75) is 18.9 Å². The van der Waals surface area contributed by atoms with E-state index in [1.54, 1.807) is 0 Å². The van der Waals surface area contributed by atoms with E-state index < -0.39 is 10.2 Å². The lowest BCUT2D eigenvalue weighted by atomic mass is 10.1. The first kappa shape index (κ1) is 13.2. The van der Waals surface area contributed by atoms with Gasteiger partial charge in [0, 0.05) is 38.8 Å². The number of likely N-dealkylation sites (tertiary alicyclic amines) is 1. The Morgan fingerprint density at radius 2 is 1.94 bits per heavy atom. The van der Waals surface area contributed by atoms with Gasteiger partial charge < -0.3 is 10.2 Å². The molecule has 0 radical (unpaired) electrons. The maximum Gasteiger partial charge on any atom is 0.279 e. The van der Waals surface area contributed by atoms with Gasteiger partial charge in [0.2, 0.25) is 0 Å². The van der Waals surface area contributed by atoms with E-state index in [1.807, 2.05) is 7.05 Å². The standard InChI is InChI=1S/C10H22N4O2S/c1-13-6-2-3-10(9-13)12-17(15,16)14-7-4-11-5-8-14/h10-12H,2-9H2,1H3. The van der Waals surface area contributed by atoms with Crippen molar-refractivity contribution in [3.63, 3.8) is 0 Å². The van der Waals surface area contributed by atoms with Gasteiger partial charge in [-0.2, -0.15) is 17.4 Å². The minimum atomic E-state index is -3.29. The van der Waals surface area contributed by atoms with Crippen LogP contribution in [0.2, 0.25) is 0 Å². The summed E-state index contributed by atoms with van der Waals surface area (Å²) in [5, 5.41) is 3.16. The Labute approximate surface area is 104 Å². The topological polar surface area (TPSA) is 64.7 Å². The Morgan fingerprint density at radius 1 is 1.24 bits per heavy atom. The van der Waals surface area contributed by atoms with Gasteiger partial charge in [0.15, 0.2) is 0 Å². The third kappa shape index (κ3) is 3.62. The van der Waals surface area contributed by atoms with Gasteiger partial charge in [-0.05, 0) is 26.4 Å². The predicted octanol–water partition coefficient (Wildman–Crippen LogP) is -1.18. The van der Waals surface area contributed by atoms with Crippen molar-refractivity contribution < 1.29 is 8.42 Å². The molecule has 2 fully saturated rings. The van der Waals surface area contributed by atoms with Crippen molar-refractivity contribution >= 4 is 10.2 Å². The molecule has 0 spiro atoms. The lowest BCUT2D eigenvalue weighted by molar-refractivity contribution is 0.238. The molecule has 0 bridgehead atoms. The zero-order valence-electron chi connectivity index (χ0n) is 10.4. The molecule has 7 heteroatoms. The van der Waals surface area contributed by atoms with Crippen molar-refractivity contribution in [1.82, 2.24) is 19.2 Å². The fraction of sp³-hybridized carbons (Fsp3) is 1.00. The van der Waals surface area contributed by atoms with Crippen LogP contribution in [-0.2, 0) is 10.2 Å². The molecule has 2 aliphatic rings. The summed E-state index contributed by atoms with van der Waals surface area (Å²) in [4.78, 5) is 2.18. The minimum Gasteiger partial charge on any atom is -0.314 e. The second-order valence-electron chi connectivity index (χ2n) is 4.87. The Balaban J connectivity index is 1.91. The zero-order chi connectivity index (χ0) is 12.3. The number of likely N-dealkylation sites (N-methyl/N-ethyl adjacent to an activating group) is 1. The van der Waals surface area contributed by atoms with Gasteiger partial charge in [-0.15, -0.1) is 0 Å². The van der Waals surface area contributed by atoms with Gasteiger partial charge in [0.05, 0.1) is 0 Å². The molecule has 0 aromatic carbocycles. The molecule has 0 aliphatic carbocycles. The summed E-state index contributed by atoms with van der Waals surface area (Å²) in [6.07, 6.45) is 2.00. The normalized spacial score (nSPS) is 29.4. The summed E-state index contributed by atoms with van der Waals surface area (Å²) in [7, 11) is -1.26. The number of rotatable bonds is 3. The van der Waals surface area contributed by atoms with Gasteiger partial charge >= 0.3 is 0 Å². The number of nitrogens with one attached hydrogen (secondary N) is 2. The van der Waals surface area contributed by atoms with E-state index in [0.717, 1.165) is 39.0 Å². The van der Waals surface area contributed by atoms with Crippen LogP contribution in [0.15, 0.2) is 0 Å². The highest BCUT2D eigenvalue weighted by atomic mass is 32.2. The number of hydrogen-bond acceptors (Lipinski definition) is 4. The SMILES string of the molecule is CN1CCCC(NS(=O)(=O)N2CCNCC2)C1. The van der Waals surface area contributed by atoms with Gasteiger partial charge in [-0.3, -0.25) is 0 Å². The maximum atomic E-state index is 12.1. The predicted molar refractivity (Wildman–Crippen MR) is 67.0 cm³/mol. The Bertz CT molecular complexity index is 340. The lowest BCUT2D eigenvalue weighted by Gasteiger charge is -2.33. The van der Waals surface area contributed by atoms with E-state index in [0.29, 0.717) is 13.1 Å².